The number of hydrogen-bond acceptors (Lipinski definition) is 2. The monoisotopic (exact) mass is 157 g/mol. The van der Waals surface area contributed by atoms with Gasteiger partial charge in [0.25, 0.3) is 0 Å². The summed E-state index contributed by atoms with van der Waals surface area (Å²) in [6.45, 7) is 5.13. The Kier molecular flexibility index (Phi) is 2.49. The standard InChI is InChI=1S/C8H15NO2/c1-5(2)6-3-7(8(10)11)9-4-6/h5-7,9H,3-4H2,1-2H3,(H,10,11). The Hall–Kier alpha value is -0.570. The molecule has 0 saturated carbocycles. The lowest BCUT2D eigenvalue weighted by Gasteiger charge is -2.11. The maximum absolute atomic E-state index is 10.5. The van der Waals surface area contributed by atoms with Gasteiger partial charge in [-0.15, -0.1) is 0 Å². The minimum absolute atomic E-state index is 0.303. The fourth-order valence-corrected chi connectivity index (χ4v) is 1.46. The summed E-state index contributed by atoms with van der Waals surface area (Å²) < 4.78 is 0. The van der Waals surface area contributed by atoms with Gasteiger partial charge in [-0.2, -0.15) is 0 Å². The molecule has 1 saturated heterocycles. The van der Waals surface area contributed by atoms with E-state index in [0.717, 1.165) is 13.0 Å². The van der Waals surface area contributed by atoms with Crippen LogP contribution in [0, 0.1) is 11.8 Å². The summed E-state index contributed by atoms with van der Waals surface area (Å²) in [5.74, 6) is 0.413. The van der Waals surface area contributed by atoms with E-state index in [-0.39, 0.29) is 6.04 Å². The first kappa shape index (κ1) is 8.53. The number of carboxylic acid groups (broad SMARTS) is 1. The van der Waals surface area contributed by atoms with E-state index in [2.05, 4.69) is 19.2 Å². The molecule has 11 heavy (non-hydrogen) atoms. The van der Waals surface area contributed by atoms with Gasteiger partial charge in [-0.05, 0) is 24.8 Å². The molecule has 2 atom stereocenters. The summed E-state index contributed by atoms with van der Waals surface area (Å²) in [4.78, 5) is 10.5. The predicted octanol–water partition coefficient (Wildman–Crippen LogP) is 0.705. The van der Waals surface area contributed by atoms with Gasteiger partial charge in [0.15, 0.2) is 0 Å². The zero-order valence-corrected chi connectivity index (χ0v) is 7.00. The highest BCUT2D eigenvalue weighted by Crippen LogP contribution is 2.21. The smallest absolute Gasteiger partial charge is 0.320 e. The summed E-state index contributed by atoms with van der Waals surface area (Å²) in [7, 11) is 0. The molecule has 2 N–H and O–H groups in total. The van der Waals surface area contributed by atoms with Crippen LogP contribution in [0.2, 0.25) is 0 Å². The number of carboxylic acids is 1. The van der Waals surface area contributed by atoms with E-state index < -0.39 is 5.97 Å². The van der Waals surface area contributed by atoms with Crippen LogP contribution in [-0.4, -0.2) is 23.7 Å². The molecule has 0 radical (unpaired) electrons. The zero-order valence-electron chi connectivity index (χ0n) is 7.00. The highest BCUT2D eigenvalue weighted by molar-refractivity contribution is 5.73. The van der Waals surface area contributed by atoms with Crippen molar-refractivity contribution >= 4 is 5.97 Å². The molecule has 0 aromatic rings. The Bertz CT molecular complexity index is 156. The fourth-order valence-electron chi connectivity index (χ4n) is 1.46. The van der Waals surface area contributed by atoms with E-state index >= 15 is 0 Å². The van der Waals surface area contributed by atoms with Gasteiger partial charge in [-0.25, -0.2) is 0 Å². The molecule has 0 amide bonds. The zero-order chi connectivity index (χ0) is 8.43. The van der Waals surface area contributed by atoms with Crippen molar-refractivity contribution in [2.75, 3.05) is 6.54 Å². The van der Waals surface area contributed by atoms with Crippen LogP contribution < -0.4 is 5.32 Å². The minimum Gasteiger partial charge on any atom is -0.480 e. The van der Waals surface area contributed by atoms with Gasteiger partial charge >= 0.3 is 5.97 Å². The van der Waals surface area contributed by atoms with Crippen molar-refractivity contribution in [3.8, 4) is 0 Å². The number of carbonyl (C=O) groups is 1. The van der Waals surface area contributed by atoms with Crippen LogP contribution in [0.3, 0.4) is 0 Å². The van der Waals surface area contributed by atoms with E-state index in [1.54, 1.807) is 0 Å². The van der Waals surface area contributed by atoms with E-state index in [1.807, 2.05) is 0 Å². The molecule has 64 valence electrons. The SMILES string of the molecule is CC(C)C1CNC(C(=O)O)C1. The average molecular weight is 157 g/mol. The maximum atomic E-state index is 10.5. The van der Waals surface area contributed by atoms with Crippen molar-refractivity contribution in [3.05, 3.63) is 0 Å². The third-order valence-corrected chi connectivity index (χ3v) is 2.41. The van der Waals surface area contributed by atoms with Gasteiger partial charge in [-0.3, -0.25) is 4.79 Å². The quantitative estimate of drug-likeness (QED) is 0.620. The maximum Gasteiger partial charge on any atom is 0.320 e. The summed E-state index contributed by atoms with van der Waals surface area (Å²) in [5, 5.41) is 11.6. The topological polar surface area (TPSA) is 49.3 Å². The van der Waals surface area contributed by atoms with Crippen molar-refractivity contribution < 1.29 is 9.90 Å². The summed E-state index contributed by atoms with van der Waals surface area (Å²) in [5.41, 5.74) is 0. The summed E-state index contributed by atoms with van der Waals surface area (Å²) >= 11 is 0. The number of aliphatic carboxylic acids is 1. The third kappa shape index (κ3) is 1.93. The van der Waals surface area contributed by atoms with Gasteiger partial charge in [0, 0.05) is 0 Å². The molecule has 1 aliphatic rings. The average Bonchev–Trinajstić information content (AvgIpc) is 2.33. The normalized spacial score (nSPS) is 31.2. The van der Waals surface area contributed by atoms with Gasteiger partial charge in [0.2, 0.25) is 0 Å². The van der Waals surface area contributed by atoms with E-state index in [9.17, 15) is 4.79 Å². The Balaban J connectivity index is 2.41. The molecule has 1 rings (SSSR count). The van der Waals surface area contributed by atoms with Crippen molar-refractivity contribution in [2.45, 2.75) is 26.3 Å². The van der Waals surface area contributed by atoms with Gasteiger partial charge in [0.1, 0.15) is 6.04 Å². The Labute approximate surface area is 66.8 Å². The van der Waals surface area contributed by atoms with Gasteiger partial charge < -0.3 is 10.4 Å². The Morgan fingerprint density at radius 3 is 2.55 bits per heavy atom. The number of hydrogen-bond donors (Lipinski definition) is 2. The van der Waals surface area contributed by atoms with Crippen LogP contribution in [0.4, 0.5) is 0 Å². The molecule has 0 bridgehead atoms. The molecule has 1 fully saturated rings. The third-order valence-electron chi connectivity index (χ3n) is 2.41. The molecular formula is C8H15NO2. The van der Waals surface area contributed by atoms with E-state index in [1.165, 1.54) is 0 Å². The second-order valence-electron chi connectivity index (χ2n) is 3.54. The molecule has 0 aromatic heterocycles. The lowest BCUT2D eigenvalue weighted by molar-refractivity contribution is -0.139. The number of rotatable bonds is 2. The molecule has 3 heteroatoms. The fraction of sp³-hybridized carbons (Fsp3) is 0.875. The first-order chi connectivity index (χ1) is 5.11. The van der Waals surface area contributed by atoms with E-state index in [0.29, 0.717) is 11.8 Å². The molecule has 2 unspecified atom stereocenters. The van der Waals surface area contributed by atoms with Crippen molar-refractivity contribution in [2.24, 2.45) is 11.8 Å². The van der Waals surface area contributed by atoms with Crippen LogP contribution in [-0.2, 0) is 4.79 Å². The molecule has 3 nitrogen and oxygen atoms in total. The van der Waals surface area contributed by atoms with Crippen LogP contribution in [0.5, 0.6) is 0 Å². The highest BCUT2D eigenvalue weighted by atomic mass is 16.4. The van der Waals surface area contributed by atoms with Crippen LogP contribution >= 0.6 is 0 Å². The summed E-state index contributed by atoms with van der Waals surface area (Å²) in [6.07, 6.45) is 0.785. The summed E-state index contributed by atoms with van der Waals surface area (Å²) in [6, 6.07) is -0.303. The van der Waals surface area contributed by atoms with Gasteiger partial charge in [-0.1, -0.05) is 13.8 Å². The molecular weight excluding hydrogens is 142 g/mol. The Morgan fingerprint density at radius 2 is 2.27 bits per heavy atom. The predicted molar refractivity (Wildman–Crippen MR) is 42.4 cm³/mol. The Morgan fingerprint density at radius 1 is 1.64 bits per heavy atom. The second kappa shape index (κ2) is 3.22. The molecule has 0 spiro atoms. The first-order valence-corrected chi connectivity index (χ1v) is 4.07. The highest BCUT2D eigenvalue weighted by Gasteiger charge is 2.30. The number of nitrogens with one attached hydrogen (secondary N) is 1. The molecule has 0 aliphatic carbocycles. The lowest BCUT2D eigenvalue weighted by atomic mass is 9.93. The first-order valence-electron chi connectivity index (χ1n) is 4.07. The van der Waals surface area contributed by atoms with Crippen molar-refractivity contribution in [1.82, 2.24) is 5.32 Å². The second-order valence-corrected chi connectivity index (χ2v) is 3.54. The lowest BCUT2D eigenvalue weighted by Crippen LogP contribution is -2.29. The molecule has 1 heterocycles. The minimum atomic E-state index is -0.715. The largest absolute Gasteiger partial charge is 0.480 e. The van der Waals surface area contributed by atoms with Crippen molar-refractivity contribution in [1.29, 1.82) is 0 Å². The van der Waals surface area contributed by atoms with Crippen molar-refractivity contribution in [3.63, 3.8) is 0 Å². The van der Waals surface area contributed by atoms with E-state index in [4.69, 9.17) is 5.11 Å². The molecule has 0 aromatic carbocycles. The van der Waals surface area contributed by atoms with Crippen LogP contribution in [0.15, 0.2) is 0 Å². The van der Waals surface area contributed by atoms with Crippen LogP contribution in [0.1, 0.15) is 20.3 Å². The van der Waals surface area contributed by atoms with Crippen LogP contribution in [0.25, 0.3) is 0 Å². The van der Waals surface area contributed by atoms with Gasteiger partial charge in [0.05, 0.1) is 0 Å². The molecule has 1 aliphatic heterocycles.